The van der Waals surface area contributed by atoms with Gasteiger partial charge in [0.25, 0.3) is 0 Å². The van der Waals surface area contributed by atoms with Crippen LogP contribution in [0.4, 0.5) is 0 Å². The van der Waals surface area contributed by atoms with Crippen molar-refractivity contribution in [1.29, 1.82) is 5.41 Å². The van der Waals surface area contributed by atoms with Crippen LogP contribution in [-0.2, 0) is 10.4 Å². The minimum absolute atomic E-state index is 0.352. The van der Waals surface area contributed by atoms with Gasteiger partial charge in [-0.3, -0.25) is 14.5 Å². The van der Waals surface area contributed by atoms with Crippen LogP contribution in [0.15, 0.2) is 0 Å². The van der Waals surface area contributed by atoms with E-state index in [0.717, 1.165) is 0 Å². The fraction of sp³-hybridized carbons (Fsp3) is 0. The highest BCUT2D eigenvalue weighted by molar-refractivity contribution is 7.79. The second-order valence-corrected chi connectivity index (χ2v) is 2.14. The summed E-state index contributed by atoms with van der Waals surface area (Å²) in [5.74, 6) is 9.04. The fourth-order valence-corrected chi connectivity index (χ4v) is 0. The maximum absolute atomic E-state index is 8.74. The second-order valence-electron chi connectivity index (χ2n) is 1.24. The van der Waals surface area contributed by atoms with Crippen LogP contribution in [0.2, 0.25) is 0 Å². The molecular weight excluding hydrogens is 178 g/mol. The van der Waals surface area contributed by atoms with Gasteiger partial charge in [-0.15, -0.1) is 0 Å². The monoisotopic (exact) mass is 187 g/mol. The van der Waals surface area contributed by atoms with E-state index in [9.17, 15) is 0 Å². The third-order valence-electron chi connectivity index (χ3n) is 0.278. The summed E-state index contributed by atoms with van der Waals surface area (Å²) in [4.78, 5) is 0. The Balaban J connectivity index is 0. The minimum Gasteiger partial charge on any atom is -0.368 e. The summed E-state index contributed by atoms with van der Waals surface area (Å²) < 4.78 is 31.6. The molecule has 0 atom stereocenters. The van der Waals surface area contributed by atoms with Gasteiger partial charge in [-0.1, -0.05) is 0 Å². The molecule has 0 aliphatic rings. The molecule has 0 rings (SSSR count). The first-order valence-corrected chi connectivity index (χ1v) is 3.37. The van der Waals surface area contributed by atoms with Crippen molar-refractivity contribution >= 4 is 16.4 Å². The van der Waals surface area contributed by atoms with Gasteiger partial charge in [0.05, 0.1) is 0 Å². The van der Waals surface area contributed by atoms with Crippen molar-refractivity contribution in [3.63, 3.8) is 0 Å². The SMILES string of the molecule is N=C(N)N(N)N.O=S(=O)(O)O. The van der Waals surface area contributed by atoms with Crippen molar-refractivity contribution in [2.45, 2.75) is 0 Å². The lowest BCUT2D eigenvalue weighted by atomic mass is 11.1. The first-order chi connectivity index (χ1) is 4.64. The normalized spacial score (nSPS) is 9.45. The Kier molecular flexibility index (Phi) is 5.56. The molecular formula is CH9N5O4S. The van der Waals surface area contributed by atoms with Gasteiger partial charge in [0.2, 0.25) is 5.96 Å². The smallest absolute Gasteiger partial charge is 0.368 e. The van der Waals surface area contributed by atoms with Crippen LogP contribution in [0.3, 0.4) is 0 Å². The van der Waals surface area contributed by atoms with Crippen LogP contribution < -0.4 is 17.4 Å². The molecule has 0 unspecified atom stereocenters. The molecule has 0 spiro atoms. The number of hydrogen-bond acceptors (Lipinski definition) is 5. The lowest BCUT2D eigenvalue weighted by molar-refractivity contribution is 0.381. The maximum Gasteiger partial charge on any atom is 0.394 e. The molecule has 11 heavy (non-hydrogen) atoms. The Morgan fingerprint density at radius 1 is 1.36 bits per heavy atom. The summed E-state index contributed by atoms with van der Waals surface area (Å²) in [6.07, 6.45) is 0. The zero-order valence-corrected chi connectivity index (χ0v) is 6.11. The molecule has 0 aromatic heterocycles. The standard InChI is InChI=1S/CH7N5.H2O4S/c2-1(3)6(4)5;1-5(2,3)4/h4-5H2,(H3,2,3);(H2,1,2,3,4). The molecule has 68 valence electrons. The highest BCUT2D eigenvalue weighted by Gasteiger charge is 1.85. The predicted molar refractivity (Wildman–Crippen MR) is 36.3 cm³/mol. The molecule has 0 fully saturated rings. The Hall–Kier alpha value is -0.940. The zero-order valence-electron chi connectivity index (χ0n) is 5.30. The first-order valence-electron chi connectivity index (χ1n) is 1.98. The second kappa shape index (κ2) is 4.81. The van der Waals surface area contributed by atoms with E-state index in [1.807, 2.05) is 0 Å². The molecule has 0 amide bonds. The van der Waals surface area contributed by atoms with Crippen molar-refractivity contribution in [2.24, 2.45) is 17.4 Å². The number of nitrogens with zero attached hydrogens (tertiary/aromatic N) is 1. The van der Waals surface area contributed by atoms with Gasteiger partial charge in [0.15, 0.2) is 0 Å². The summed E-state index contributed by atoms with van der Waals surface area (Å²) in [6, 6.07) is 0. The van der Waals surface area contributed by atoms with Crippen molar-refractivity contribution in [2.75, 3.05) is 0 Å². The van der Waals surface area contributed by atoms with Crippen molar-refractivity contribution in [3.05, 3.63) is 0 Å². The molecule has 0 aromatic rings. The van der Waals surface area contributed by atoms with E-state index in [0.29, 0.717) is 5.12 Å². The van der Waals surface area contributed by atoms with Crippen LogP contribution in [0, 0.1) is 5.41 Å². The molecule has 0 aromatic carbocycles. The maximum atomic E-state index is 8.74. The van der Waals surface area contributed by atoms with Gasteiger partial charge < -0.3 is 5.73 Å². The molecule has 10 heteroatoms. The highest BCUT2D eigenvalue weighted by atomic mass is 32.3. The molecule has 0 saturated carbocycles. The zero-order chi connectivity index (χ0) is 9.65. The number of hydrogen-bond donors (Lipinski definition) is 6. The van der Waals surface area contributed by atoms with E-state index in [1.165, 1.54) is 0 Å². The van der Waals surface area contributed by atoms with Gasteiger partial charge in [-0.05, 0) is 0 Å². The topological polar surface area (TPSA) is 180 Å². The predicted octanol–water partition coefficient (Wildman–Crippen LogP) is -2.72. The van der Waals surface area contributed by atoms with Crippen LogP contribution >= 0.6 is 0 Å². The molecule has 0 bridgehead atoms. The van der Waals surface area contributed by atoms with Crippen molar-refractivity contribution in [3.8, 4) is 0 Å². The molecule has 0 radical (unpaired) electrons. The molecule has 0 aliphatic heterocycles. The van der Waals surface area contributed by atoms with E-state index in [1.54, 1.807) is 0 Å². The fourth-order valence-electron chi connectivity index (χ4n) is 0. The van der Waals surface area contributed by atoms with Crippen LogP contribution in [0.1, 0.15) is 0 Å². The Labute approximate surface area is 62.8 Å². The van der Waals surface area contributed by atoms with Crippen LogP contribution in [-0.4, -0.2) is 28.6 Å². The summed E-state index contributed by atoms with van der Waals surface area (Å²) in [5.41, 5.74) is 4.69. The number of nitrogens with one attached hydrogen (secondary N) is 1. The number of rotatable bonds is 0. The Morgan fingerprint density at radius 3 is 1.45 bits per heavy atom. The quantitative estimate of drug-likeness (QED) is 0.0777. The highest BCUT2D eigenvalue weighted by Crippen LogP contribution is 1.59. The third-order valence-corrected chi connectivity index (χ3v) is 0.278. The Morgan fingerprint density at radius 2 is 1.45 bits per heavy atom. The van der Waals surface area contributed by atoms with E-state index < -0.39 is 10.4 Å². The van der Waals surface area contributed by atoms with E-state index in [4.69, 9.17) is 40.4 Å². The number of hydrazine groups is 2. The van der Waals surface area contributed by atoms with Gasteiger partial charge in [-0.2, -0.15) is 8.42 Å². The largest absolute Gasteiger partial charge is 0.394 e. The van der Waals surface area contributed by atoms with Crippen molar-refractivity contribution < 1.29 is 17.5 Å². The van der Waals surface area contributed by atoms with Crippen molar-refractivity contribution in [1.82, 2.24) is 5.12 Å². The molecule has 0 heterocycles. The van der Waals surface area contributed by atoms with E-state index >= 15 is 0 Å². The van der Waals surface area contributed by atoms with Crippen LogP contribution in [0.5, 0.6) is 0 Å². The van der Waals surface area contributed by atoms with Gasteiger partial charge >= 0.3 is 10.4 Å². The molecule has 0 aliphatic carbocycles. The average molecular weight is 187 g/mol. The van der Waals surface area contributed by atoms with E-state index in [2.05, 4.69) is 0 Å². The number of guanidine groups is 1. The van der Waals surface area contributed by atoms with Crippen LogP contribution in [0.25, 0.3) is 0 Å². The summed E-state index contributed by atoms with van der Waals surface area (Å²) >= 11 is 0. The van der Waals surface area contributed by atoms with Gasteiger partial charge in [0.1, 0.15) is 0 Å². The van der Waals surface area contributed by atoms with Gasteiger partial charge in [-0.25, -0.2) is 16.8 Å². The molecule has 0 saturated heterocycles. The minimum atomic E-state index is -4.67. The summed E-state index contributed by atoms with van der Waals surface area (Å²) in [7, 11) is -4.67. The summed E-state index contributed by atoms with van der Waals surface area (Å²) in [5, 5.41) is 6.93. The average Bonchev–Trinajstić information content (AvgIpc) is 1.59. The lowest BCUT2D eigenvalue weighted by Crippen LogP contribution is -2.47. The first kappa shape index (κ1) is 12.7. The molecule has 9 nitrogen and oxygen atoms in total. The van der Waals surface area contributed by atoms with E-state index in [-0.39, 0.29) is 5.96 Å². The Bertz CT molecular complexity index is 199. The third kappa shape index (κ3) is 48.2. The van der Waals surface area contributed by atoms with Gasteiger partial charge in [0, 0.05) is 0 Å². The lowest BCUT2D eigenvalue weighted by Gasteiger charge is -2.04. The number of nitrogens with two attached hydrogens (primary N) is 3. The summed E-state index contributed by atoms with van der Waals surface area (Å²) in [6.45, 7) is 0. The molecule has 9 N–H and O–H groups in total.